The van der Waals surface area contributed by atoms with Crippen LogP contribution in [0.15, 0.2) is 60.7 Å². The topological polar surface area (TPSA) is 23.5 Å². The smallest absolute Gasteiger partial charge is 0.0695 e. The van der Waals surface area contributed by atoms with Crippen LogP contribution in [-0.4, -0.2) is 29.7 Å². The first-order valence-corrected chi connectivity index (χ1v) is 7.74. The Kier molecular flexibility index (Phi) is 6.01. The minimum atomic E-state index is -0.204. The lowest BCUT2D eigenvalue weighted by atomic mass is 9.97. The highest BCUT2D eigenvalue weighted by Gasteiger charge is 2.32. The molecule has 1 atom stereocenters. The average molecular weight is 318 g/mol. The van der Waals surface area contributed by atoms with E-state index < -0.39 is 0 Å². The summed E-state index contributed by atoms with van der Waals surface area (Å²) in [5.41, 5.74) is 2.54. The van der Waals surface area contributed by atoms with Gasteiger partial charge in [0.25, 0.3) is 0 Å². The Balaban J connectivity index is 0.00000176. The molecule has 0 radical (unpaired) electrons. The molecule has 1 fully saturated rings. The maximum Gasteiger partial charge on any atom is 0.0695 e. The molecule has 118 valence electrons. The highest BCUT2D eigenvalue weighted by molar-refractivity contribution is 5.85. The van der Waals surface area contributed by atoms with Crippen molar-refractivity contribution in [3.8, 4) is 0 Å². The fourth-order valence-corrected chi connectivity index (χ4v) is 3.00. The van der Waals surface area contributed by atoms with Crippen molar-refractivity contribution in [1.82, 2.24) is 4.90 Å². The van der Waals surface area contributed by atoms with Crippen molar-refractivity contribution < 1.29 is 5.11 Å². The lowest BCUT2D eigenvalue weighted by Crippen LogP contribution is -2.34. The van der Waals surface area contributed by atoms with Gasteiger partial charge in [-0.25, -0.2) is 0 Å². The van der Waals surface area contributed by atoms with E-state index in [0.717, 1.165) is 6.54 Å². The largest absolute Gasteiger partial charge is 0.392 e. The highest BCUT2D eigenvalue weighted by Crippen LogP contribution is 2.34. The van der Waals surface area contributed by atoms with Gasteiger partial charge in [-0.3, -0.25) is 4.90 Å². The van der Waals surface area contributed by atoms with Crippen LogP contribution in [0.2, 0.25) is 0 Å². The van der Waals surface area contributed by atoms with Crippen LogP contribution >= 0.6 is 12.4 Å². The number of hydrogen-bond acceptors (Lipinski definition) is 2. The molecular formula is C19H24ClNO. The number of aliphatic hydroxyl groups is 1. The van der Waals surface area contributed by atoms with Crippen LogP contribution in [0.4, 0.5) is 0 Å². The van der Waals surface area contributed by atoms with Gasteiger partial charge in [-0.1, -0.05) is 60.7 Å². The maximum atomic E-state index is 10.3. The Morgan fingerprint density at radius 2 is 1.41 bits per heavy atom. The molecule has 0 spiro atoms. The molecule has 3 rings (SSSR count). The zero-order valence-electron chi connectivity index (χ0n) is 12.9. The molecule has 0 aromatic heterocycles. The summed E-state index contributed by atoms with van der Waals surface area (Å²) in [5.74, 6) is 0.514. The van der Waals surface area contributed by atoms with Crippen LogP contribution in [0.1, 0.15) is 30.0 Å². The SMILES string of the molecule is CN(CC(O)C1CC1)C(c1ccccc1)c1ccccc1.Cl. The molecule has 0 bridgehead atoms. The first kappa shape index (κ1) is 17.0. The Hall–Kier alpha value is -1.35. The van der Waals surface area contributed by atoms with Gasteiger partial charge in [0, 0.05) is 6.54 Å². The molecule has 22 heavy (non-hydrogen) atoms. The van der Waals surface area contributed by atoms with Crippen molar-refractivity contribution in [2.45, 2.75) is 25.0 Å². The number of halogens is 1. The first-order valence-electron chi connectivity index (χ1n) is 7.74. The molecule has 2 nitrogen and oxygen atoms in total. The molecule has 0 amide bonds. The lowest BCUT2D eigenvalue weighted by molar-refractivity contribution is 0.0950. The van der Waals surface area contributed by atoms with Gasteiger partial charge < -0.3 is 5.11 Å². The van der Waals surface area contributed by atoms with Gasteiger partial charge in [-0.05, 0) is 36.9 Å². The molecule has 1 unspecified atom stereocenters. The molecule has 1 N–H and O–H groups in total. The molecule has 2 aromatic rings. The fraction of sp³-hybridized carbons (Fsp3) is 0.368. The maximum absolute atomic E-state index is 10.3. The van der Waals surface area contributed by atoms with E-state index in [2.05, 4.69) is 60.5 Å². The number of benzene rings is 2. The zero-order valence-corrected chi connectivity index (χ0v) is 13.7. The minimum absolute atomic E-state index is 0. The number of likely N-dealkylation sites (N-methyl/N-ethyl adjacent to an activating group) is 1. The van der Waals surface area contributed by atoms with Crippen LogP contribution < -0.4 is 0 Å². The fourth-order valence-electron chi connectivity index (χ4n) is 3.00. The predicted molar refractivity (Wildman–Crippen MR) is 93.3 cm³/mol. The second kappa shape index (κ2) is 7.77. The molecule has 2 aromatic carbocycles. The van der Waals surface area contributed by atoms with Crippen LogP contribution in [0.3, 0.4) is 0 Å². The summed E-state index contributed by atoms with van der Waals surface area (Å²) in [6, 6.07) is 21.3. The van der Waals surface area contributed by atoms with Crippen molar-refractivity contribution in [2.24, 2.45) is 5.92 Å². The third kappa shape index (κ3) is 4.10. The molecule has 1 saturated carbocycles. The van der Waals surface area contributed by atoms with E-state index in [9.17, 15) is 5.11 Å². The summed E-state index contributed by atoms with van der Waals surface area (Å²) in [6.45, 7) is 0.721. The number of nitrogens with zero attached hydrogens (tertiary/aromatic N) is 1. The van der Waals surface area contributed by atoms with Gasteiger partial charge in [-0.15, -0.1) is 12.4 Å². The lowest BCUT2D eigenvalue weighted by Gasteiger charge is -2.30. The van der Waals surface area contributed by atoms with Gasteiger partial charge >= 0.3 is 0 Å². The molecule has 0 heterocycles. The third-order valence-corrected chi connectivity index (χ3v) is 4.31. The van der Waals surface area contributed by atoms with E-state index in [-0.39, 0.29) is 24.6 Å². The van der Waals surface area contributed by atoms with Crippen molar-refractivity contribution in [1.29, 1.82) is 0 Å². The third-order valence-electron chi connectivity index (χ3n) is 4.31. The summed E-state index contributed by atoms with van der Waals surface area (Å²) in [7, 11) is 2.11. The summed E-state index contributed by atoms with van der Waals surface area (Å²) >= 11 is 0. The minimum Gasteiger partial charge on any atom is -0.392 e. The Bertz CT molecular complexity index is 517. The summed E-state index contributed by atoms with van der Waals surface area (Å²) in [4.78, 5) is 2.27. The Morgan fingerprint density at radius 3 is 1.82 bits per heavy atom. The van der Waals surface area contributed by atoms with Gasteiger partial charge in [0.15, 0.2) is 0 Å². The summed E-state index contributed by atoms with van der Waals surface area (Å²) < 4.78 is 0. The summed E-state index contributed by atoms with van der Waals surface area (Å²) in [5, 5.41) is 10.3. The number of aliphatic hydroxyl groups excluding tert-OH is 1. The van der Waals surface area contributed by atoms with Crippen LogP contribution in [-0.2, 0) is 0 Å². The Labute approximate surface area is 139 Å². The quantitative estimate of drug-likeness (QED) is 0.873. The van der Waals surface area contributed by atoms with Crippen molar-refractivity contribution >= 4 is 12.4 Å². The summed E-state index contributed by atoms with van der Waals surface area (Å²) in [6.07, 6.45) is 2.15. The zero-order chi connectivity index (χ0) is 14.7. The molecule has 0 saturated heterocycles. The average Bonchev–Trinajstić information content (AvgIpc) is 3.34. The van der Waals surface area contributed by atoms with Crippen molar-refractivity contribution in [3.05, 3.63) is 71.8 Å². The molecule has 1 aliphatic rings. The Morgan fingerprint density at radius 1 is 0.955 bits per heavy atom. The van der Waals surface area contributed by atoms with E-state index in [4.69, 9.17) is 0 Å². The normalized spacial score (nSPS) is 15.6. The second-order valence-corrected chi connectivity index (χ2v) is 6.07. The monoisotopic (exact) mass is 317 g/mol. The van der Waals surface area contributed by atoms with Gasteiger partial charge in [-0.2, -0.15) is 0 Å². The van der Waals surface area contributed by atoms with Crippen molar-refractivity contribution in [2.75, 3.05) is 13.6 Å². The van der Waals surface area contributed by atoms with Crippen molar-refractivity contribution in [3.63, 3.8) is 0 Å². The van der Waals surface area contributed by atoms with Crippen LogP contribution in [0.25, 0.3) is 0 Å². The number of hydrogen-bond donors (Lipinski definition) is 1. The molecule has 1 aliphatic carbocycles. The predicted octanol–water partition coefficient (Wildman–Crippen LogP) is 3.90. The molecule has 0 aliphatic heterocycles. The highest BCUT2D eigenvalue weighted by atomic mass is 35.5. The van der Waals surface area contributed by atoms with Crippen LogP contribution in [0, 0.1) is 5.92 Å². The molecule has 3 heteroatoms. The van der Waals surface area contributed by atoms with E-state index in [1.165, 1.54) is 24.0 Å². The first-order chi connectivity index (χ1) is 10.3. The van der Waals surface area contributed by atoms with Gasteiger partial charge in [0.2, 0.25) is 0 Å². The van der Waals surface area contributed by atoms with E-state index in [1.54, 1.807) is 0 Å². The van der Waals surface area contributed by atoms with Crippen LogP contribution in [0.5, 0.6) is 0 Å². The van der Waals surface area contributed by atoms with E-state index >= 15 is 0 Å². The van der Waals surface area contributed by atoms with Gasteiger partial charge in [0.1, 0.15) is 0 Å². The molecular weight excluding hydrogens is 294 g/mol. The van der Waals surface area contributed by atoms with E-state index in [1.807, 2.05) is 12.1 Å². The van der Waals surface area contributed by atoms with E-state index in [0.29, 0.717) is 5.92 Å². The number of rotatable bonds is 6. The second-order valence-electron chi connectivity index (χ2n) is 6.07. The van der Waals surface area contributed by atoms with Gasteiger partial charge in [0.05, 0.1) is 12.1 Å². The standard InChI is InChI=1S/C19H23NO.ClH/c1-20(14-18(21)15-12-13-15)19(16-8-4-2-5-9-16)17-10-6-3-7-11-17;/h2-11,15,18-19,21H,12-14H2,1H3;1H.